The number of nitrogens with one attached hydrogen (secondary N) is 1. The third-order valence-electron chi connectivity index (χ3n) is 3.39. The van der Waals surface area contributed by atoms with E-state index < -0.39 is 0 Å². The molecule has 92 valence electrons. The van der Waals surface area contributed by atoms with Gasteiger partial charge in [-0.05, 0) is 25.7 Å². The molecule has 0 spiro atoms. The first-order valence-electron chi connectivity index (χ1n) is 6.06. The van der Waals surface area contributed by atoms with Crippen LogP contribution >= 0.6 is 0 Å². The molecule has 18 heavy (non-hydrogen) atoms. The lowest BCUT2D eigenvalue weighted by Crippen LogP contribution is -2.01. The summed E-state index contributed by atoms with van der Waals surface area (Å²) in [6.07, 6.45) is 4.37. The molecule has 0 radical (unpaired) electrons. The monoisotopic (exact) mass is 243 g/mol. The highest BCUT2D eigenvalue weighted by molar-refractivity contribution is 5.66. The second-order valence-electron chi connectivity index (χ2n) is 4.54. The molecule has 0 saturated heterocycles. The summed E-state index contributed by atoms with van der Waals surface area (Å²) in [4.78, 5) is 10.4. The molecule has 0 saturated carbocycles. The number of aromatic amines is 1. The Morgan fingerprint density at radius 2 is 2.11 bits per heavy atom. The minimum Gasteiger partial charge on any atom is -0.282 e. The summed E-state index contributed by atoms with van der Waals surface area (Å²) < 4.78 is 0. The molecule has 5 nitrogen and oxygen atoms in total. The van der Waals surface area contributed by atoms with Crippen molar-refractivity contribution in [2.24, 2.45) is 0 Å². The fraction of sp³-hybridized carbons (Fsp3) is 0.308. The molecule has 0 aliphatic heterocycles. The van der Waals surface area contributed by atoms with Crippen LogP contribution in [0.15, 0.2) is 24.3 Å². The minimum absolute atomic E-state index is 0.111. The zero-order chi connectivity index (χ0) is 12.5. The molecule has 0 bridgehead atoms. The van der Waals surface area contributed by atoms with E-state index in [1.165, 1.54) is 23.7 Å². The van der Waals surface area contributed by atoms with Crippen LogP contribution in [0.25, 0.3) is 11.3 Å². The largest absolute Gasteiger partial charge is 0.282 e. The van der Waals surface area contributed by atoms with Crippen LogP contribution in [0.2, 0.25) is 0 Å². The number of aromatic nitrogens is 2. The highest BCUT2D eigenvalue weighted by atomic mass is 16.6. The smallest absolute Gasteiger partial charge is 0.270 e. The summed E-state index contributed by atoms with van der Waals surface area (Å²) in [6.45, 7) is 0. The van der Waals surface area contributed by atoms with Gasteiger partial charge < -0.3 is 0 Å². The van der Waals surface area contributed by atoms with Crippen LogP contribution in [0, 0.1) is 10.1 Å². The van der Waals surface area contributed by atoms with E-state index in [0.717, 1.165) is 30.5 Å². The highest BCUT2D eigenvalue weighted by Gasteiger charge is 2.19. The molecule has 0 fully saturated rings. The highest BCUT2D eigenvalue weighted by Crippen LogP contribution is 2.30. The topological polar surface area (TPSA) is 71.8 Å². The number of nitro benzene ring substituents is 1. The predicted octanol–water partition coefficient (Wildman–Crippen LogP) is 2.86. The summed E-state index contributed by atoms with van der Waals surface area (Å²) in [5, 5.41) is 18.2. The quantitative estimate of drug-likeness (QED) is 0.651. The van der Waals surface area contributed by atoms with Gasteiger partial charge in [0.1, 0.15) is 0 Å². The van der Waals surface area contributed by atoms with Crippen LogP contribution < -0.4 is 0 Å². The third-order valence-corrected chi connectivity index (χ3v) is 3.39. The molecule has 0 atom stereocenters. The summed E-state index contributed by atoms with van der Waals surface area (Å²) >= 11 is 0. The molecular weight excluding hydrogens is 230 g/mol. The number of fused-ring (bicyclic) bond motifs is 1. The number of benzene rings is 1. The van der Waals surface area contributed by atoms with E-state index in [0.29, 0.717) is 0 Å². The van der Waals surface area contributed by atoms with Gasteiger partial charge in [0.25, 0.3) is 5.69 Å². The van der Waals surface area contributed by atoms with E-state index >= 15 is 0 Å². The van der Waals surface area contributed by atoms with Crippen molar-refractivity contribution >= 4 is 5.69 Å². The molecule has 1 aromatic carbocycles. The van der Waals surface area contributed by atoms with Crippen molar-refractivity contribution in [1.82, 2.24) is 10.2 Å². The van der Waals surface area contributed by atoms with Crippen molar-refractivity contribution in [3.05, 3.63) is 45.6 Å². The lowest BCUT2D eigenvalue weighted by Gasteiger charge is -2.10. The molecule has 1 aromatic heterocycles. The number of hydrogen-bond donors (Lipinski definition) is 1. The lowest BCUT2D eigenvalue weighted by atomic mass is 9.93. The number of hydrogen-bond acceptors (Lipinski definition) is 3. The zero-order valence-electron chi connectivity index (χ0n) is 9.85. The van der Waals surface area contributed by atoms with Gasteiger partial charge in [-0.15, -0.1) is 0 Å². The van der Waals surface area contributed by atoms with Crippen molar-refractivity contribution < 1.29 is 4.92 Å². The molecule has 1 heterocycles. The summed E-state index contributed by atoms with van der Waals surface area (Å²) in [6, 6.07) is 6.67. The first-order valence-corrected chi connectivity index (χ1v) is 6.06. The lowest BCUT2D eigenvalue weighted by molar-refractivity contribution is -0.384. The SMILES string of the molecule is O=[N+]([O-])c1cccc(-c2n[nH]c3c2CCCC3)c1. The van der Waals surface area contributed by atoms with Crippen molar-refractivity contribution in [2.75, 3.05) is 0 Å². The van der Waals surface area contributed by atoms with Crippen LogP contribution in [0.1, 0.15) is 24.1 Å². The minimum atomic E-state index is -0.372. The Morgan fingerprint density at radius 1 is 1.28 bits per heavy atom. The maximum atomic E-state index is 10.8. The fourth-order valence-electron chi connectivity index (χ4n) is 2.49. The second kappa shape index (κ2) is 4.25. The standard InChI is InChI=1S/C13H13N3O2/c17-16(18)10-5-3-4-9(8-10)13-11-6-1-2-7-12(11)14-15-13/h3-5,8H,1-2,6-7H2,(H,14,15). The van der Waals surface area contributed by atoms with Crippen molar-refractivity contribution in [2.45, 2.75) is 25.7 Å². The molecule has 5 heteroatoms. The van der Waals surface area contributed by atoms with Crippen LogP contribution in [0.5, 0.6) is 0 Å². The Kier molecular flexibility index (Phi) is 2.59. The summed E-state index contributed by atoms with van der Waals surface area (Å²) in [5.74, 6) is 0. The third kappa shape index (κ3) is 1.77. The Morgan fingerprint density at radius 3 is 2.94 bits per heavy atom. The number of nitrogens with zero attached hydrogens (tertiary/aromatic N) is 2. The number of rotatable bonds is 2. The predicted molar refractivity (Wildman–Crippen MR) is 67.3 cm³/mol. The van der Waals surface area contributed by atoms with Gasteiger partial charge in [-0.3, -0.25) is 15.2 Å². The molecular formula is C13H13N3O2. The molecule has 1 aliphatic carbocycles. The Balaban J connectivity index is 2.07. The Labute approximate surface area is 104 Å². The molecule has 0 amide bonds. The van der Waals surface area contributed by atoms with E-state index in [1.807, 2.05) is 6.07 Å². The first kappa shape index (κ1) is 11.0. The van der Waals surface area contributed by atoms with Crippen LogP contribution in [0.3, 0.4) is 0 Å². The van der Waals surface area contributed by atoms with Crippen LogP contribution in [-0.4, -0.2) is 15.1 Å². The average molecular weight is 243 g/mol. The van der Waals surface area contributed by atoms with Crippen LogP contribution in [-0.2, 0) is 12.8 Å². The zero-order valence-corrected chi connectivity index (χ0v) is 9.85. The Hall–Kier alpha value is -2.17. The van der Waals surface area contributed by atoms with Gasteiger partial charge in [0, 0.05) is 29.0 Å². The summed E-state index contributed by atoms with van der Waals surface area (Å²) in [7, 11) is 0. The summed E-state index contributed by atoms with van der Waals surface area (Å²) in [5.41, 5.74) is 4.21. The molecule has 1 aliphatic rings. The normalized spacial score (nSPS) is 14.2. The van der Waals surface area contributed by atoms with E-state index in [2.05, 4.69) is 10.2 Å². The second-order valence-corrected chi connectivity index (χ2v) is 4.54. The van der Waals surface area contributed by atoms with E-state index in [4.69, 9.17) is 0 Å². The van der Waals surface area contributed by atoms with Crippen molar-refractivity contribution in [3.8, 4) is 11.3 Å². The van der Waals surface area contributed by atoms with Crippen molar-refractivity contribution in [1.29, 1.82) is 0 Å². The number of non-ortho nitro benzene ring substituents is 1. The first-order chi connectivity index (χ1) is 8.75. The number of nitro groups is 1. The number of H-pyrrole nitrogens is 1. The van der Waals surface area contributed by atoms with E-state index in [-0.39, 0.29) is 10.6 Å². The van der Waals surface area contributed by atoms with Gasteiger partial charge >= 0.3 is 0 Å². The van der Waals surface area contributed by atoms with Crippen LogP contribution in [0.4, 0.5) is 5.69 Å². The molecule has 2 aromatic rings. The molecule has 3 rings (SSSR count). The van der Waals surface area contributed by atoms with Gasteiger partial charge in [-0.1, -0.05) is 12.1 Å². The van der Waals surface area contributed by atoms with Gasteiger partial charge in [-0.25, -0.2) is 0 Å². The van der Waals surface area contributed by atoms with Crippen molar-refractivity contribution in [3.63, 3.8) is 0 Å². The average Bonchev–Trinajstić information content (AvgIpc) is 2.82. The van der Waals surface area contributed by atoms with Gasteiger partial charge in [0.15, 0.2) is 0 Å². The Bertz CT molecular complexity index is 604. The van der Waals surface area contributed by atoms with Gasteiger partial charge in [0.2, 0.25) is 0 Å². The van der Waals surface area contributed by atoms with Gasteiger partial charge in [-0.2, -0.15) is 5.10 Å². The fourth-order valence-corrected chi connectivity index (χ4v) is 2.49. The molecule has 1 N–H and O–H groups in total. The van der Waals surface area contributed by atoms with E-state index in [1.54, 1.807) is 12.1 Å². The van der Waals surface area contributed by atoms with E-state index in [9.17, 15) is 10.1 Å². The maximum Gasteiger partial charge on any atom is 0.270 e. The maximum absolute atomic E-state index is 10.8. The van der Waals surface area contributed by atoms with Gasteiger partial charge in [0.05, 0.1) is 10.6 Å². The molecule has 0 unspecified atom stereocenters. The number of aryl methyl sites for hydroxylation is 1.